The number of nitrogens with zero attached hydrogens (tertiary/aromatic N) is 1. The van der Waals surface area contributed by atoms with Crippen LogP contribution in [0.5, 0.6) is 5.75 Å². The summed E-state index contributed by atoms with van der Waals surface area (Å²) in [5, 5.41) is 57.2. The molecule has 9 heteroatoms. The van der Waals surface area contributed by atoms with Crippen LogP contribution < -0.4 is 4.74 Å². The van der Waals surface area contributed by atoms with E-state index in [4.69, 9.17) is 19.8 Å². The molecule has 5 unspecified atom stereocenters. The topological polar surface area (TPSA) is 146 Å². The minimum Gasteiger partial charge on any atom is -0.762 e. The molecule has 9 nitrogen and oxygen atoms in total. The molecule has 130 valence electrons. The first-order valence-electron chi connectivity index (χ1n) is 7.12. The molecule has 1 aromatic carbocycles. The maximum atomic E-state index is 10.4. The van der Waals surface area contributed by atoms with Crippen molar-refractivity contribution in [2.45, 2.75) is 37.1 Å². The Morgan fingerprint density at radius 3 is 2.30 bits per heavy atom. The fourth-order valence-corrected chi connectivity index (χ4v) is 2.26. The molecule has 0 radical (unpaired) electrons. The van der Waals surface area contributed by atoms with E-state index in [9.17, 15) is 20.5 Å². The molecular weight excluding hydrogens is 310 g/mol. The highest BCUT2D eigenvalue weighted by Crippen LogP contribution is 2.24. The third kappa shape index (κ3) is 4.59. The van der Waals surface area contributed by atoms with Gasteiger partial charge in [0.2, 0.25) is 6.29 Å². The van der Waals surface area contributed by atoms with Gasteiger partial charge in [-0.15, -0.1) is 0 Å². The molecule has 1 aliphatic rings. The highest BCUT2D eigenvalue weighted by molar-refractivity contribution is 5.27. The fraction of sp³-hybridized carbons (Fsp3) is 0.571. The van der Waals surface area contributed by atoms with Crippen LogP contribution in [0.25, 0.3) is 0 Å². The Kier molecular flexibility index (Phi) is 6.27. The van der Waals surface area contributed by atoms with Crippen molar-refractivity contribution in [3.63, 3.8) is 0 Å². The Morgan fingerprint density at radius 1 is 1.09 bits per heavy atom. The van der Waals surface area contributed by atoms with Crippen molar-refractivity contribution in [2.75, 3.05) is 13.2 Å². The monoisotopic (exact) mass is 330 g/mol. The zero-order valence-corrected chi connectivity index (χ0v) is 12.2. The predicted octanol–water partition coefficient (Wildman–Crippen LogP) is -1.40. The summed E-state index contributed by atoms with van der Waals surface area (Å²) in [5.41, 5.74) is 0.793. The molecule has 5 atom stereocenters. The Hall–Kier alpha value is -1.30. The number of aliphatic hydroxyl groups excluding tert-OH is 4. The van der Waals surface area contributed by atoms with Crippen LogP contribution in [0.3, 0.4) is 0 Å². The van der Waals surface area contributed by atoms with Crippen LogP contribution in [-0.2, 0) is 11.2 Å². The summed E-state index contributed by atoms with van der Waals surface area (Å²) in [4.78, 5) is 0. The Bertz CT molecular complexity index is 480. The number of aliphatic hydroxyl groups is 4. The molecule has 23 heavy (non-hydrogen) atoms. The smallest absolute Gasteiger partial charge is 0.229 e. The van der Waals surface area contributed by atoms with Gasteiger partial charge in [0.05, 0.1) is 6.61 Å². The van der Waals surface area contributed by atoms with Gasteiger partial charge in [-0.2, -0.15) is 0 Å². The van der Waals surface area contributed by atoms with Crippen LogP contribution >= 0.6 is 0 Å². The van der Waals surface area contributed by atoms with Gasteiger partial charge in [-0.3, -0.25) is 5.23 Å². The number of hydrogen-bond acceptors (Lipinski definition) is 9. The first-order valence-corrected chi connectivity index (χ1v) is 7.12. The first-order chi connectivity index (χ1) is 10.9. The van der Waals surface area contributed by atoms with Gasteiger partial charge >= 0.3 is 0 Å². The maximum absolute atomic E-state index is 10.4. The molecule has 5 N–H and O–H groups in total. The molecule has 0 aromatic heterocycles. The van der Waals surface area contributed by atoms with Gasteiger partial charge in [-0.1, -0.05) is 12.1 Å². The first kappa shape index (κ1) is 18.0. The van der Waals surface area contributed by atoms with E-state index in [1.54, 1.807) is 24.3 Å². The average molecular weight is 330 g/mol. The lowest BCUT2D eigenvalue weighted by molar-refractivity contribution is -0.277. The molecule has 1 aliphatic heterocycles. The van der Waals surface area contributed by atoms with Gasteiger partial charge in [0.15, 0.2) is 0 Å². The van der Waals surface area contributed by atoms with Gasteiger partial charge in [0.1, 0.15) is 30.2 Å². The molecule has 0 spiro atoms. The fourth-order valence-electron chi connectivity index (χ4n) is 2.26. The largest absolute Gasteiger partial charge is 0.762 e. The molecule has 1 heterocycles. The molecule has 0 saturated carbocycles. The van der Waals surface area contributed by atoms with Crippen LogP contribution in [0, 0.1) is 5.21 Å². The Labute approximate surface area is 132 Å². The van der Waals surface area contributed by atoms with E-state index in [-0.39, 0.29) is 11.8 Å². The lowest BCUT2D eigenvalue weighted by Crippen LogP contribution is -2.60. The number of hydrogen-bond donors (Lipinski definition) is 5. The van der Waals surface area contributed by atoms with E-state index in [0.29, 0.717) is 12.2 Å². The van der Waals surface area contributed by atoms with Crippen LogP contribution in [0.2, 0.25) is 0 Å². The Balaban J connectivity index is 1.97. The van der Waals surface area contributed by atoms with Crippen LogP contribution in [0.1, 0.15) is 5.56 Å². The molecule has 1 fully saturated rings. The summed E-state index contributed by atoms with van der Waals surface area (Å²) >= 11 is 0. The molecule has 0 aliphatic carbocycles. The summed E-state index contributed by atoms with van der Waals surface area (Å²) in [6.07, 6.45) is -6.35. The van der Waals surface area contributed by atoms with Crippen molar-refractivity contribution in [2.24, 2.45) is 0 Å². The Morgan fingerprint density at radius 2 is 1.74 bits per heavy atom. The maximum Gasteiger partial charge on any atom is 0.229 e. The lowest BCUT2D eigenvalue weighted by Gasteiger charge is -2.39. The van der Waals surface area contributed by atoms with Crippen molar-refractivity contribution in [3.8, 4) is 5.75 Å². The van der Waals surface area contributed by atoms with Crippen LogP contribution in [-0.4, -0.2) is 74.7 Å². The quantitative estimate of drug-likeness (QED) is 0.397. The normalized spacial score (nSPS) is 31.3. The van der Waals surface area contributed by atoms with Gasteiger partial charge < -0.3 is 40.3 Å². The summed E-state index contributed by atoms with van der Waals surface area (Å²) < 4.78 is 10.7. The van der Waals surface area contributed by atoms with E-state index >= 15 is 0 Å². The van der Waals surface area contributed by atoms with Crippen LogP contribution in [0.4, 0.5) is 0 Å². The van der Waals surface area contributed by atoms with E-state index in [1.165, 1.54) is 0 Å². The second-order valence-corrected chi connectivity index (χ2v) is 5.28. The van der Waals surface area contributed by atoms with Gasteiger partial charge in [-0.05, 0) is 24.1 Å². The third-order valence-electron chi connectivity index (χ3n) is 3.62. The molecule has 1 saturated heterocycles. The lowest BCUT2D eigenvalue weighted by atomic mass is 9.99. The number of ether oxygens (including phenoxy) is 2. The minimum atomic E-state index is -1.50. The molecule has 2 rings (SSSR count). The van der Waals surface area contributed by atoms with E-state index in [0.717, 1.165) is 5.56 Å². The minimum absolute atomic E-state index is 0.0626. The number of rotatable bonds is 6. The summed E-state index contributed by atoms with van der Waals surface area (Å²) in [5.74, 6) is 0.334. The van der Waals surface area contributed by atoms with Crippen molar-refractivity contribution < 1.29 is 35.1 Å². The second kappa shape index (κ2) is 7.99. The van der Waals surface area contributed by atoms with E-state index < -0.39 is 37.3 Å². The summed E-state index contributed by atoms with van der Waals surface area (Å²) in [6.45, 7) is -0.594. The average Bonchev–Trinajstić information content (AvgIpc) is 2.54. The molecular formula is C14H20NO8-. The van der Waals surface area contributed by atoms with Crippen molar-refractivity contribution in [1.82, 2.24) is 5.23 Å². The van der Waals surface area contributed by atoms with Gasteiger partial charge in [0, 0.05) is 6.54 Å². The second-order valence-electron chi connectivity index (χ2n) is 5.28. The molecule has 1 aromatic rings. The van der Waals surface area contributed by atoms with Gasteiger partial charge in [-0.25, -0.2) is 0 Å². The van der Waals surface area contributed by atoms with Crippen molar-refractivity contribution >= 4 is 0 Å². The van der Waals surface area contributed by atoms with E-state index in [1.807, 2.05) is 0 Å². The highest BCUT2D eigenvalue weighted by atomic mass is 16.8. The third-order valence-corrected chi connectivity index (χ3v) is 3.62. The zero-order chi connectivity index (χ0) is 17.0. The highest BCUT2D eigenvalue weighted by Gasteiger charge is 2.44. The number of hydroxylamine groups is 2. The molecule has 0 bridgehead atoms. The van der Waals surface area contributed by atoms with Gasteiger partial charge in [0.25, 0.3) is 0 Å². The van der Waals surface area contributed by atoms with Crippen molar-refractivity contribution in [3.05, 3.63) is 35.0 Å². The SMILES string of the molecule is [O-]N(O)CCc1ccc(OC2OC(CO)C(O)C(O)C2O)cc1. The zero-order valence-electron chi connectivity index (χ0n) is 12.2. The summed E-state index contributed by atoms with van der Waals surface area (Å²) in [7, 11) is 0. The standard InChI is InChI=1S/C14H20NO8/c16-7-10-11(17)12(18)13(19)14(23-10)22-9-3-1-8(2-4-9)5-6-15(20)21/h1-4,10-14,16-20H,5-7H2/q-1. The van der Waals surface area contributed by atoms with Crippen molar-refractivity contribution in [1.29, 1.82) is 0 Å². The number of benzene rings is 1. The predicted molar refractivity (Wildman–Crippen MR) is 76.4 cm³/mol. The van der Waals surface area contributed by atoms with E-state index in [2.05, 4.69) is 0 Å². The summed E-state index contributed by atoms with van der Waals surface area (Å²) in [6, 6.07) is 6.48. The van der Waals surface area contributed by atoms with Crippen LogP contribution in [0.15, 0.2) is 24.3 Å². The molecule has 0 amide bonds.